The maximum absolute atomic E-state index is 5.42. The van der Waals surface area contributed by atoms with E-state index in [0.717, 1.165) is 82.2 Å². The van der Waals surface area contributed by atoms with Crippen molar-refractivity contribution in [3.63, 3.8) is 0 Å². The summed E-state index contributed by atoms with van der Waals surface area (Å²) in [6.45, 7) is 0. The van der Waals surface area contributed by atoms with Crippen molar-refractivity contribution in [3.8, 4) is 45.5 Å². The lowest BCUT2D eigenvalue weighted by atomic mass is 10.00. The zero-order chi connectivity index (χ0) is 44.5. The zero-order valence-electron chi connectivity index (χ0n) is 36.1. The quantitative estimate of drug-likeness (QED) is 0.173. The van der Waals surface area contributed by atoms with Gasteiger partial charge in [-0.15, -0.1) is 22.7 Å². The van der Waals surface area contributed by atoms with Gasteiger partial charge in [0.05, 0.1) is 39.0 Å². The van der Waals surface area contributed by atoms with E-state index in [2.05, 4.69) is 203 Å². The van der Waals surface area contributed by atoms with Gasteiger partial charge in [-0.1, -0.05) is 146 Å². The summed E-state index contributed by atoms with van der Waals surface area (Å²) in [7, 11) is 0. The molecule has 0 bridgehead atoms. The van der Waals surface area contributed by atoms with E-state index < -0.39 is 0 Å². The van der Waals surface area contributed by atoms with Crippen LogP contribution in [0.15, 0.2) is 206 Å². The third-order valence-corrected chi connectivity index (χ3v) is 15.9. The number of nitrogens with zero attached hydrogens (tertiary/aromatic N) is 6. The van der Waals surface area contributed by atoms with E-state index in [9.17, 15) is 0 Å². The van der Waals surface area contributed by atoms with E-state index in [-0.39, 0.29) is 0 Å². The normalized spacial score (nSPS) is 12.1. The van der Waals surface area contributed by atoms with E-state index in [1.807, 2.05) is 23.5 Å². The van der Waals surface area contributed by atoms with Crippen LogP contribution in [0.4, 0.5) is 0 Å². The van der Waals surface area contributed by atoms with Gasteiger partial charge in [0.1, 0.15) is 4.83 Å². The van der Waals surface area contributed by atoms with E-state index in [0.29, 0.717) is 11.9 Å². The van der Waals surface area contributed by atoms with Crippen molar-refractivity contribution in [1.82, 2.24) is 29.1 Å². The van der Waals surface area contributed by atoms with Crippen LogP contribution in [0.3, 0.4) is 0 Å². The molecule has 0 amide bonds. The van der Waals surface area contributed by atoms with E-state index in [4.69, 9.17) is 19.9 Å². The molecule has 0 N–H and O–H groups in total. The van der Waals surface area contributed by atoms with Gasteiger partial charge in [0.25, 0.3) is 0 Å². The van der Waals surface area contributed by atoms with Gasteiger partial charge in [-0.25, -0.2) is 19.9 Å². The van der Waals surface area contributed by atoms with Crippen LogP contribution in [0.1, 0.15) is 0 Å². The second-order valence-corrected chi connectivity index (χ2v) is 19.5. The van der Waals surface area contributed by atoms with E-state index in [1.165, 1.54) is 46.4 Å². The minimum absolute atomic E-state index is 0.648. The molecule has 15 rings (SSSR count). The highest BCUT2D eigenvalue weighted by Gasteiger charge is 2.23. The van der Waals surface area contributed by atoms with Crippen molar-refractivity contribution < 1.29 is 0 Å². The fourth-order valence-corrected chi connectivity index (χ4v) is 12.8. The summed E-state index contributed by atoms with van der Waals surface area (Å²) in [5, 5.41) is 10.5. The largest absolute Gasteiger partial charge is 0.278 e. The highest BCUT2D eigenvalue weighted by Crippen LogP contribution is 2.45. The summed E-state index contributed by atoms with van der Waals surface area (Å²) in [6.07, 6.45) is 0. The molecule has 68 heavy (non-hydrogen) atoms. The van der Waals surface area contributed by atoms with Crippen LogP contribution in [0, 0.1) is 0 Å². The first kappa shape index (κ1) is 37.6. The molecule has 6 heterocycles. The summed E-state index contributed by atoms with van der Waals surface area (Å²) in [5.74, 6) is 1.31. The molecule has 0 aliphatic rings. The molecule has 0 unspecified atom stereocenters. The summed E-state index contributed by atoms with van der Waals surface area (Å²) in [6, 6.07) is 73.5. The molecule has 9 aromatic carbocycles. The Morgan fingerprint density at radius 2 is 0.794 bits per heavy atom. The van der Waals surface area contributed by atoms with Gasteiger partial charge in [0.15, 0.2) is 0 Å². The van der Waals surface area contributed by atoms with Crippen molar-refractivity contribution >= 4 is 118 Å². The minimum atomic E-state index is 0.648. The van der Waals surface area contributed by atoms with Gasteiger partial charge in [-0.2, -0.15) is 0 Å². The maximum Gasteiger partial charge on any atom is 0.236 e. The molecule has 0 atom stereocenters. The molecule has 6 aromatic heterocycles. The molecule has 0 fully saturated rings. The molecule has 316 valence electrons. The SMILES string of the molecule is c1ccc(-c2nc(-n3c4ccc(-c5ccc6c(c5)c5c7ccccc7sc5n6-c5nc(-c6ccccc6)c6ccccc6n5)cc4c4cc5sc6ccccc6c5cc43)nc3ccccc23)cc1. The van der Waals surface area contributed by atoms with Gasteiger partial charge in [-0.3, -0.25) is 9.13 Å². The molecule has 0 aliphatic heterocycles. The Hall–Kier alpha value is -8.56. The predicted molar refractivity (Wildman–Crippen MR) is 286 cm³/mol. The number of hydrogen-bond acceptors (Lipinski definition) is 6. The second kappa shape index (κ2) is 14.5. The first-order valence-corrected chi connectivity index (χ1v) is 24.3. The van der Waals surface area contributed by atoms with Crippen LogP contribution in [-0.4, -0.2) is 29.1 Å². The van der Waals surface area contributed by atoms with Gasteiger partial charge >= 0.3 is 0 Å². The van der Waals surface area contributed by atoms with Crippen molar-refractivity contribution in [3.05, 3.63) is 206 Å². The zero-order valence-corrected chi connectivity index (χ0v) is 37.8. The van der Waals surface area contributed by atoms with Gasteiger partial charge < -0.3 is 0 Å². The summed E-state index contributed by atoms with van der Waals surface area (Å²) in [4.78, 5) is 22.5. The van der Waals surface area contributed by atoms with Crippen LogP contribution in [0.25, 0.3) is 141 Å². The first-order chi connectivity index (χ1) is 33.7. The van der Waals surface area contributed by atoms with Crippen molar-refractivity contribution in [2.45, 2.75) is 0 Å². The monoisotopic (exact) mass is 902 g/mol. The van der Waals surface area contributed by atoms with Crippen LogP contribution < -0.4 is 0 Å². The molecule has 6 nitrogen and oxygen atoms in total. The van der Waals surface area contributed by atoms with Crippen LogP contribution in [0.5, 0.6) is 0 Å². The Morgan fingerprint density at radius 1 is 0.294 bits per heavy atom. The van der Waals surface area contributed by atoms with Crippen LogP contribution in [0.2, 0.25) is 0 Å². The number of benzene rings is 9. The number of fused-ring (bicyclic) bond motifs is 13. The third-order valence-electron chi connectivity index (χ3n) is 13.6. The Balaban J connectivity index is 0.976. The molecule has 0 saturated carbocycles. The Kier molecular flexibility index (Phi) is 8.01. The summed E-state index contributed by atoms with van der Waals surface area (Å²) >= 11 is 3.64. The predicted octanol–water partition coefficient (Wildman–Crippen LogP) is 16.4. The van der Waals surface area contributed by atoms with Crippen LogP contribution >= 0.6 is 22.7 Å². The molecule has 0 saturated heterocycles. The molecule has 0 radical (unpaired) electrons. The summed E-state index contributed by atoms with van der Waals surface area (Å²) in [5.41, 5.74) is 11.2. The van der Waals surface area contributed by atoms with Crippen molar-refractivity contribution in [2.75, 3.05) is 0 Å². The van der Waals surface area contributed by atoms with E-state index in [1.54, 1.807) is 11.3 Å². The average Bonchev–Trinajstić information content (AvgIpc) is 4.14. The number of hydrogen-bond donors (Lipinski definition) is 0. The molecular weight excluding hydrogens is 869 g/mol. The Labute approximate surface area is 396 Å². The fraction of sp³-hybridized carbons (Fsp3) is 0. The number of thiophene rings is 2. The van der Waals surface area contributed by atoms with Crippen molar-refractivity contribution in [2.24, 2.45) is 0 Å². The lowest BCUT2D eigenvalue weighted by Gasteiger charge is -2.12. The maximum atomic E-state index is 5.42. The first-order valence-electron chi connectivity index (χ1n) is 22.7. The van der Waals surface area contributed by atoms with Crippen molar-refractivity contribution in [1.29, 1.82) is 0 Å². The van der Waals surface area contributed by atoms with Gasteiger partial charge in [0.2, 0.25) is 11.9 Å². The number of para-hydroxylation sites is 2. The number of aromatic nitrogens is 6. The third kappa shape index (κ3) is 5.56. The molecular formula is C60H34N6S2. The average molecular weight is 903 g/mol. The minimum Gasteiger partial charge on any atom is -0.278 e. The lowest BCUT2D eigenvalue weighted by Crippen LogP contribution is -2.03. The van der Waals surface area contributed by atoms with E-state index >= 15 is 0 Å². The Bertz CT molecular complexity index is 4560. The fourth-order valence-electron chi connectivity index (χ4n) is 10.5. The molecule has 0 spiro atoms. The number of rotatable bonds is 5. The lowest BCUT2D eigenvalue weighted by molar-refractivity contribution is 1.01. The smallest absolute Gasteiger partial charge is 0.236 e. The molecule has 15 aromatic rings. The topological polar surface area (TPSA) is 61.4 Å². The second-order valence-electron chi connectivity index (χ2n) is 17.4. The standard InChI is InChI=1S/C60H34N6S2/c1-3-15-35(16-4-1)56-40-20-7-11-23-47(40)61-59(63-56)65-49-29-27-37(31-43(49)44-34-54-45(33-51(44)65)39-19-9-13-25-52(39)67-54)38-28-30-50-46(32-38)55-42-22-10-14-26-53(42)68-58(55)66(50)60-62-48-24-12-8-21-41(48)57(64-60)36-17-5-2-6-18-36/h1-34H. The van der Waals surface area contributed by atoms with Gasteiger partial charge in [-0.05, 0) is 71.8 Å². The van der Waals surface area contributed by atoms with Gasteiger partial charge in [0, 0.05) is 73.7 Å². The highest BCUT2D eigenvalue weighted by atomic mass is 32.1. The molecule has 8 heteroatoms. The summed E-state index contributed by atoms with van der Waals surface area (Å²) < 4.78 is 8.32. The van der Waals surface area contributed by atoms with Crippen LogP contribution in [-0.2, 0) is 0 Å². The highest BCUT2D eigenvalue weighted by molar-refractivity contribution is 7.26. The Morgan fingerprint density at radius 3 is 1.44 bits per heavy atom. The molecule has 0 aliphatic carbocycles.